The average molecular weight is 571 g/mol. The number of carboxylic acid groups (broad SMARTS) is 2. The van der Waals surface area contributed by atoms with Crippen molar-refractivity contribution in [2.24, 2.45) is 7.05 Å². The van der Waals surface area contributed by atoms with Gasteiger partial charge in [-0.2, -0.15) is 31.4 Å². The summed E-state index contributed by atoms with van der Waals surface area (Å²) in [6.07, 6.45) is -3.23. The lowest BCUT2D eigenvalue weighted by atomic mass is 9.84. The smallest absolute Gasteiger partial charge is 0.475 e. The summed E-state index contributed by atoms with van der Waals surface area (Å²) < 4.78 is 79.3. The fraction of sp³-hybridized carbons (Fsp3) is 0.542. The highest BCUT2D eigenvalue weighted by Crippen LogP contribution is 2.39. The number of likely N-dealkylation sites (tertiary alicyclic amines) is 2. The van der Waals surface area contributed by atoms with Crippen molar-refractivity contribution in [3.05, 3.63) is 53.6 Å². The number of nitrogens with zero attached hydrogens (tertiary/aromatic N) is 4. The van der Waals surface area contributed by atoms with Crippen LogP contribution in [0.4, 0.5) is 30.7 Å². The normalized spacial score (nSPS) is 17.6. The van der Waals surface area contributed by atoms with Gasteiger partial charge < -0.3 is 10.2 Å². The molecule has 2 saturated heterocycles. The molecule has 4 rings (SSSR count). The maximum absolute atomic E-state index is 13.9. The van der Waals surface area contributed by atoms with Crippen LogP contribution in [-0.2, 0) is 29.7 Å². The lowest BCUT2D eigenvalue weighted by Crippen LogP contribution is -2.51. The van der Waals surface area contributed by atoms with E-state index in [4.69, 9.17) is 19.8 Å². The molecule has 2 fully saturated rings. The summed E-state index contributed by atoms with van der Waals surface area (Å²) >= 11 is 0. The number of hydrogen-bond acceptors (Lipinski definition) is 5. The fourth-order valence-electron chi connectivity index (χ4n) is 4.55. The lowest BCUT2D eigenvalue weighted by molar-refractivity contribution is -0.193. The molecule has 0 amide bonds. The topological polar surface area (TPSA) is 98.9 Å². The highest BCUT2D eigenvalue weighted by atomic mass is 19.4. The van der Waals surface area contributed by atoms with Gasteiger partial charge in [0.25, 0.3) is 0 Å². The molecule has 3 heterocycles. The number of hydrogen-bond donors (Lipinski definition) is 2. The molecule has 0 radical (unpaired) electrons. The molecule has 0 unspecified atom stereocenters. The number of aliphatic carboxylic acids is 2. The first-order chi connectivity index (χ1) is 18.0. The molecule has 0 atom stereocenters. The Kier molecular flexibility index (Phi) is 10.9. The van der Waals surface area contributed by atoms with Crippen molar-refractivity contribution in [1.29, 1.82) is 0 Å². The van der Waals surface area contributed by atoms with Crippen LogP contribution in [0, 0.1) is 5.82 Å². The molecule has 0 saturated carbocycles. The van der Waals surface area contributed by atoms with Gasteiger partial charge in [0.05, 0.1) is 5.69 Å². The van der Waals surface area contributed by atoms with E-state index in [1.165, 1.54) is 32.2 Å². The van der Waals surface area contributed by atoms with Gasteiger partial charge >= 0.3 is 24.3 Å². The largest absolute Gasteiger partial charge is 0.490 e. The fourth-order valence-corrected chi connectivity index (χ4v) is 4.55. The standard InChI is InChI=1S/C20H27FN4.2C2HF3O2/c1-23-12-7-18(22-23)16-25-11-4-8-20(25)9-13-24(14-10-20)15-17-5-2-3-6-19(17)21;2*3-2(4,5)1(6)7/h2-3,5-7,12H,4,8-11,13-16H2,1H3;2*(H,6,7). The summed E-state index contributed by atoms with van der Waals surface area (Å²) in [4.78, 5) is 22.8. The first-order valence-electron chi connectivity index (χ1n) is 11.8. The minimum absolute atomic E-state index is 0.0829. The van der Waals surface area contributed by atoms with Crippen molar-refractivity contribution in [3.63, 3.8) is 0 Å². The summed E-state index contributed by atoms with van der Waals surface area (Å²) in [5.41, 5.74) is 2.30. The molecule has 0 aliphatic carbocycles. The molecule has 39 heavy (non-hydrogen) atoms. The van der Waals surface area contributed by atoms with Crippen LogP contribution >= 0.6 is 0 Å². The van der Waals surface area contributed by atoms with Crippen molar-refractivity contribution in [1.82, 2.24) is 19.6 Å². The van der Waals surface area contributed by atoms with E-state index in [9.17, 15) is 30.7 Å². The SMILES string of the molecule is Cn1ccc(CN2CCCC23CCN(Cc2ccccc2F)CC3)n1.O=C(O)C(F)(F)F.O=C(O)C(F)(F)F. The van der Waals surface area contributed by atoms with Crippen LogP contribution < -0.4 is 0 Å². The van der Waals surface area contributed by atoms with Crippen molar-refractivity contribution < 1.29 is 50.5 Å². The predicted molar refractivity (Wildman–Crippen MR) is 124 cm³/mol. The minimum Gasteiger partial charge on any atom is -0.475 e. The van der Waals surface area contributed by atoms with Gasteiger partial charge in [-0.3, -0.25) is 14.5 Å². The van der Waals surface area contributed by atoms with Crippen LogP contribution in [0.25, 0.3) is 0 Å². The second-order valence-corrected chi connectivity index (χ2v) is 9.20. The monoisotopic (exact) mass is 570 g/mol. The summed E-state index contributed by atoms with van der Waals surface area (Å²) in [5, 5.41) is 18.8. The van der Waals surface area contributed by atoms with Gasteiger partial charge in [0.15, 0.2) is 0 Å². The van der Waals surface area contributed by atoms with Gasteiger partial charge in [-0.1, -0.05) is 18.2 Å². The number of piperidine rings is 1. The maximum atomic E-state index is 13.9. The molecule has 1 aromatic heterocycles. The molecule has 1 aromatic carbocycles. The molecule has 2 aliphatic rings. The Hall–Kier alpha value is -3.20. The summed E-state index contributed by atoms with van der Waals surface area (Å²) in [7, 11) is 1.98. The van der Waals surface area contributed by atoms with Crippen molar-refractivity contribution in [3.8, 4) is 0 Å². The van der Waals surface area contributed by atoms with E-state index in [0.717, 1.165) is 37.4 Å². The zero-order valence-electron chi connectivity index (χ0n) is 21.0. The van der Waals surface area contributed by atoms with E-state index in [2.05, 4.69) is 21.0 Å². The molecule has 218 valence electrons. The van der Waals surface area contributed by atoms with Crippen LogP contribution in [-0.4, -0.2) is 79.3 Å². The number of carboxylic acids is 2. The van der Waals surface area contributed by atoms with Crippen LogP contribution in [0.2, 0.25) is 0 Å². The predicted octanol–water partition coefficient (Wildman–Crippen LogP) is 4.46. The van der Waals surface area contributed by atoms with E-state index in [1.54, 1.807) is 12.1 Å². The number of carbonyl (C=O) groups is 2. The number of aryl methyl sites for hydroxylation is 1. The molecule has 8 nitrogen and oxygen atoms in total. The summed E-state index contributed by atoms with van der Waals surface area (Å²) in [5.74, 6) is -5.60. The van der Waals surface area contributed by atoms with E-state index < -0.39 is 24.3 Å². The van der Waals surface area contributed by atoms with Crippen LogP contribution in [0.1, 0.15) is 36.9 Å². The Labute approximate surface area is 219 Å². The third kappa shape index (κ3) is 9.80. The third-order valence-electron chi connectivity index (χ3n) is 6.49. The average Bonchev–Trinajstić information content (AvgIpc) is 3.42. The van der Waals surface area contributed by atoms with Crippen molar-refractivity contribution >= 4 is 11.9 Å². The molecule has 2 aliphatic heterocycles. The second kappa shape index (κ2) is 13.2. The van der Waals surface area contributed by atoms with Crippen LogP contribution in [0.15, 0.2) is 36.5 Å². The van der Waals surface area contributed by atoms with Crippen LogP contribution in [0.3, 0.4) is 0 Å². The summed E-state index contributed by atoms with van der Waals surface area (Å²) in [6, 6.07) is 9.28. The molecule has 2 aromatic rings. The van der Waals surface area contributed by atoms with E-state index >= 15 is 0 Å². The van der Waals surface area contributed by atoms with Gasteiger partial charge in [-0.25, -0.2) is 14.0 Å². The van der Waals surface area contributed by atoms with E-state index in [0.29, 0.717) is 5.54 Å². The van der Waals surface area contributed by atoms with E-state index in [-0.39, 0.29) is 5.82 Å². The Morgan fingerprint density at radius 2 is 1.44 bits per heavy atom. The molecule has 15 heteroatoms. The van der Waals surface area contributed by atoms with Gasteiger partial charge in [0.1, 0.15) is 5.82 Å². The lowest BCUT2D eigenvalue weighted by Gasteiger charge is -2.45. The zero-order valence-corrected chi connectivity index (χ0v) is 21.0. The van der Waals surface area contributed by atoms with E-state index in [1.807, 2.05) is 30.1 Å². The van der Waals surface area contributed by atoms with Gasteiger partial charge in [0.2, 0.25) is 0 Å². The number of alkyl halides is 6. The third-order valence-corrected chi connectivity index (χ3v) is 6.49. The van der Waals surface area contributed by atoms with Gasteiger partial charge in [-0.05, 0) is 44.4 Å². The maximum Gasteiger partial charge on any atom is 0.490 e. The molecular formula is C24H29F7N4O4. The minimum atomic E-state index is -5.08. The zero-order chi connectivity index (χ0) is 29.4. The second-order valence-electron chi connectivity index (χ2n) is 9.20. The Morgan fingerprint density at radius 3 is 1.90 bits per heavy atom. The number of rotatable bonds is 4. The highest BCUT2D eigenvalue weighted by Gasteiger charge is 2.43. The van der Waals surface area contributed by atoms with Gasteiger partial charge in [-0.15, -0.1) is 0 Å². The quantitative estimate of drug-likeness (QED) is 0.524. The van der Waals surface area contributed by atoms with Gasteiger partial charge in [0, 0.05) is 50.5 Å². The molecule has 0 bridgehead atoms. The summed E-state index contributed by atoms with van der Waals surface area (Å²) in [6.45, 7) is 4.95. The first kappa shape index (κ1) is 32.0. The number of aromatic nitrogens is 2. The number of halogens is 7. The Balaban J connectivity index is 0.000000317. The van der Waals surface area contributed by atoms with Crippen molar-refractivity contribution in [2.75, 3.05) is 19.6 Å². The Bertz CT molecular complexity index is 1070. The first-order valence-corrected chi connectivity index (χ1v) is 11.8. The molecule has 2 N–H and O–H groups in total. The molecule has 1 spiro atoms. The van der Waals surface area contributed by atoms with Crippen LogP contribution in [0.5, 0.6) is 0 Å². The molecular weight excluding hydrogens is 541 g/mol. The highest BCUT2D eigenvalue weighted by molar-refractivity contribution is 5.73. The van der Waals surface area contributed by atoms with Crippen molar-refractivity contribution in [2.45, 2.75) is 56.7 Å². The number of benzene rings is 1. The Morgan fingerprint density at radius 1 is 0.897 bits per heavy atom.